The molecule has 180 valence electrons. The molecule has 5 rings (SSSR count). The summed E-state index contributed by atoms with van der Waals surface area (Å²) in [4.78, 5) is 54.0. The highest BCUT2D eigenvalue weighted by molar-refractivity contribution is 6.31. The number of anilines is 2. The van der Waals surface area contributed by atoms with Crippen molar-refractivity contribution in [3.8, 4) is 11.5 Å². The fourth-order valence-corrected chi connectivity index (χ4v) is 5.08. The Morgan fingerprint density at radius 3 is 2.40 bits per heavy atom. The lowest BCUT2D eigenvalue weighted by molar-refractivity contribution is -0.139. The van der Waals surface area contributed by atoms with Crippen molar-refractivity contribution in [2.45, 2.75) is 19.3 Å². The summed E-state index contributed by atoms with van der Waals surface area (Å²) in [7, 11) is 1.49. The summed E-state index contributed by atoms with van der Waals surface area (Å²) in [5, 5.41) is 0.443. The Labute approximate surface area is 207 Å². The van der Waals surface area contributed by atoms with Crippen LogP contribution in [0.2, 0.25) is 5.02 Å². The average molecular weight is 495 g/mol. The van der Waals surface area contributed by atoms with E-state index < -0.39 is 11.9 Å². The molecule has 35 heavy (non-hydrogen) atoms. The van der Waals surface area contributed by atoms with Gasteiger partial charge in [-0.15, -0.1) is 0 Å². The quantitative estimate of drug-likeness (QED) is 0.272. The van der Waals surface area contributed by atoms with Gasteiger partial charge in [-0.1, -0.05) is 29.8 Å². The predicted octanol–water partition coefficient (Wildman–Crippen LogP) is 3.76. The van der Waals surface area contributed by atoms with E-state index in [4.69, 9.17) is 21.1 Å². The van der Waals surface area contributed by atoms with Crippen molar-refractivity contribution in [2.75, 3.05) is 23.5 Å². The van der Waals surface area contributed by atoms with Gasteiger partial charge >= 0.3 is 5.97 Å². The number of amides is 3. The molecule has 2 aliphatic heterocycles. The number of rotatable bonds is 5. The predicted molar refractivity (Wildman–Crippen MR) is 128 cm³/mol. The minimum absolute atomic E-state index is 0.0202. The van der Waals surface area contributed by atoms with Crippen molar-refractivity contribution in [2.24, 2.45) is 17.8 Å². The highest BCUT2D eigenvalue weighted by Crippen LogP contribution is 2.39. The van der Waals surface area contributed by atoms with E-state index in [-0.39, 0.29) is 48.3 Å². The molecule has 3 atom stereocenters. The maximum atomic E-state index is 12.9. The molecule has 0 saturated carbocycles. The van der Waals surface area contributed by atoms with E-state index >= 15 is 0 Å². The van der Waals surface area contributed by atoms with Gasteiger partial charge in [0.1, 0.15) is 11.5 Å². The van der Waals surface area contributed by atoms with Crippen molar-refractivity contribution in [3.05, 3.63) is 59.6 Å². The van der Waals surface area contributed by atoms with Crippen LogP contribution >= 0.6 is 11.6 Å². The van der Waals surface area contributed by atoms with Crippen molar-refractivity contribution in [1.82, 2.24) is 0 Å². The molecule has 0 radical (unpaired) electrons. The Hall–Kier alpha value is -3.65. The maximum absolute atomic E-state index is 12.9. The van der Waals surface area contributed by atoms with Crippen LogP contribution in [-0.4, -0.2) is 37.3 Å². The zero-order valence-electron chi connectivity index (χ0n) is 19.0. The minimum Gasteiger partial charge on any atom is -0.495 e. The molecule has 0 unspecified atom stereocenters. The van der Waals surface area contributed by atoms with E-state index in [9.17, 15) is 19.2 Å². The van der Waals surface area contributed by atoms with Gasteiger partial charge in [0.05, 0.1) is 36.2 Å². The number of fused-ring (bicyclic) bond motifs is 1. The van der Waals surface area contributed by atoms with E-state index in [1.54, 1.807) is 36.4 Å². The van der Waals surface area contributed by atoms with Crippen molar-refractivity contribution >= 4 is 46.7 Å². The third kappa shape index (κ3) is 4.18. The Morgan fingerprint density at radius 1 is 1.00 bits per heavy atom. The fourth-order valence-electron chi connectivity index (χ4n) is 4.91. The molecule has 2 heterocycles. The second-order valence-electron chi connectivity index (χ2n) is 8.81. The van der Waals surface area contributed by atoms with Crippen LogP contribution in [0.5, 0.6) is 11.5 Å². The number of methoxy groups -OCH3 is 1. The summed E-state index contributed by atoms with van der Waals surface area (Å²) in [6, 6.07) is 11.3. The van der Waals surface area contributed by atoms with Gasteiger partial charge in [-0.25, -0.2) is 4.90 Å². The first kappa shape index (κ1) is 23.1. The third-order valence-electron chi connectivity index (χ3n) is 6.69. The Kier molecular flexibility index (Phi) is 6.06. The van der Waals surface area contributed by atoms with E-state index in [0.717, 1.165) is 0 Å². The van der Waals surface area contributed by atoms with E-state index in [2.05, 4.69) is 0 Å². The molecule has 0 spiro atoms. The lowest BCUT2D eigenvalue weighted by atomic mass is 9.85. The van der Waals surface area contributed by atoms with Crippen molar-refractivity contribution in [1.29, 1.82) is 0 Å². The van der Waals surface area contributed by atoms with Crippen LogP contribution in [0.3, 0.4) is 0 Å². The maximum Gasteiger partial charge on any atom is 0.316 e. The molecule has 2 aromatic rings. The first-order valence-electron chi connectivity index (χ1n) is 11.4. The summed E-state index contributed by atoms with van der Waals surface area (Å²) >= 11 is 6.09. The fraction of sp³-hybridized carbons (Fsp3) is 0.308. The second kappa shape index (κ2) is 9.19. The van der Waals surface area contributed by atoms with Gasteiger partial charge in [-0.05, 0) is 43.2 Å². The first-order chi connectivity index (χ1) is 16.9. The SMILES string of the molecule is COc1ccc(Cl)cc1N1C[C@H](C(=O)Oc2cccc(N3C(=O)[C@H]4CC=CC[C@@H]4C3=O)c2)CC1=O. The van der Waals surface area contributed by atoms with E-state index in [0.29, 0.717) is 35.0 Å². The lowest BCUT2D eigenvalue weighted by Crippen LogP contribution is -2.31. The van der Waals surface area contributed by atoms with Crippen molar-refractivity contribution < 1.29 is 28.7 Å². The lowest BCUT2D eigenvalue weighted by Gasteiger charge is -2.20. The largest absolute Gasteiger partial charge is 0.495 e. The van der Waals surface area contributed by atoms with Crippen LogP contribution < -0.4 is 19.3 Å². The molecule has 1 aliphatic carbocycles. The number of nitrogens with zero attached hydrogens (tertiary/aromatic N) is 2. The molecule has 2 fully saturated rings. The van der Waals surface area contributed by atoms with Gasteiger partial charge < -0.3 is 14.4 Å². The van der Waals surface area contributed by atoms with Gasteiger partial charge in [0.2, 0.25) is 17.7 Å². The Bertz CT molecular complexity index is 1230. The number of halogens is 1. The summed E-state index contributed by atoms with van der Waals surface area (Å²) in [6.07, 6.45) is 4.93. The summed E-state index contributed by atoms with van der Waals surface area (Å²) in [6.45, 7) is 0.119. The third-order valence-corrected chi connectivity index (χ3v) is 6.93. The Balaban J connectivity index is 1.30. The number of carbonyl (C=O) groups excluding carboxylic acids is 4. The van der Waals surface area contributed by atoms with Crippen LogP contribution in [0.25, 0.3) is 0 Å². The molecule has 2 aromatic carbocycles. The second-order valence-corrected chi connectivity index (χ2v) is 9.24. The molecule has 9 heteroatoms. The summed E-state index contributed by atoms with van der Waals surface area (Å²) in [5.74, 6) is -2.01. The highest BCUT2D eigenvalue weighted by Gasteiger charge is 2.48. The summed E-state index contributed by atoms with van der Waals surface area (Å²) < 4.78 is 10.9. The minimum atomic E-state index is -0.696. The monoisotopic (exact) mass is 494 g/mol. The standard InChI is InChI=1S/C26H23ClN2O6/c1-34-22-10-9-16(27)12-21(22)28-14-15(11-23(28)30)26(33)35-18-6-4-5-17(13-18)29-24(31)19-7-2-3-8-20(19)25(29)32/h2-6,9-10,12-13,15,19-20H,7-8,11,14H2,1H3/t15-,19+,20+/m1/s1. The zero-order chi connectivity index (χ0) is 24.7. The van der Waals surface area contributed by atoms with Crippen molar-refractivity contribution in [3.63, 3.8) is 0 Å². The molecular weight excluding hydrogens is 472 g/mol. The number of carbonyl (C=O) groups is 4. The van der Waals surface area contributed by atoms with Gasteiger partial charge in [0.15, 0.2) is 0 Å². The average Bonchev–Trinajstić information content (AvgIpc) is 3.37. The molecular formula is C26H23ClN2O6. The summed E-state index contributed by atoms with van der Waals surface area (Å²) in [5.41, 5.74) is 0.858. The Morgan fingerprint density at radius 2 is 1.71 bits per heavy atom. The number of imide groups is 1. The van der Waals surface area contributed by atoms with E-state index in [1.165, 1.54) is 23.0 Å². The molecule has 3 aliphatic rings. The normalized spacial score (nSPS) is 23.6. The number of benzene rings is 2. The molecule has 2 saturated heterocycles. The number of hydrogen-bond donors (Lipinski definition) is 0. The number of allylic oxidation sites excluding steroid dienone is 2. The van der Waals surface area contributed by atoms with Crippen LogP contribution in [-0.2, 0) is 19.2 Å². The molecule has 0 N–H and O–H groups in total. The molecule has 0 bridgehead atoms. The number of esters is 1. The number of ether oxygens (including phenoxy) is 2. The molecule has 0 aromatic heterocycles. The van der Waals surface area contributed by atoms with Crippen LogP contribution in [0.15, 0.2) is 54.6 Å². The van der Waals surface area contributed by atoms with Gasteiger partial charge in [-0.2, -0.15) is 0 Å². The first-order valence-corrected chi connectivity index (χ1v) is 11.7. The molecule has 3 amide bonds. The van der Waals surface area contributed by atoms with Gasteiger partial charge in [0.25, 0.3) is 0 Å². The van der Waals surface area contributed by atoms with Crippen LogP contribution in [0.4, 0.5) is 11.4 Å². The topological polar surface area (TPSA) is 93.2 Å². The van der Waals surface area contributed by atoms with Gasteiger partial charge in [-0.3, -0.25) is 19.2 Å². The zero-order valence-corrected chi connectivity index (χ0v) is 19.7. The molecule has 8 nitrogen and oxygen atoms in total. The van der Waals surface area contributed by atoms with E-state index in [1.807, 2.05) is 12.2 Å². The number of hydrogen-bond acceptors (Lipinski definition) is 6. The van der Waals surface area contributed by atoms with Gasteiger partial charge in [0, 0.05) is 24.1 Å². The smallest absolute Gasteiger partial charge is 0.316 e. The highest BCUT2D eigenvalue weighted by atomic mass is 35.5. The van der Waals surface area contributed by atoms with Crippen LogP contribution in [0, 0.1) is 17.8 Å². The van der Waals surface area contributed by atoms with Crippen LogP contribution in [0.1, 0.15) is 19.3 Å².